The molecule has 0 unspecified atom stereocenters. The Hall–Kier alpha value is -0.830. The summed E-state index contributed by atoms with van der Waals surface area (Å²) in [6, 6.07) is 7.86. The van der Waals surface area contributed by atoms with Crippen LogP contribution in [0.4, 0.5) is 0 Å². The summed E-state index contributed by atoms with van der Waals surface area (Å²) in [6.07, 6.45) is 4.54. The molecule has 1 N–H and O–H groups in total. The van der Waals surface area contributed by atoms with Crippen LogP contribution in [0.15, 0.2) is 24.3 Å². The summed E-state index contributed by atoms with van der Waals surface area (Å²) in [7, 11) is 0. The molecule has 1 aromatic carbocycles. The molecular weight excluding hydrogens is 290 g/mol. The Morgan fingerprint density at radius 2 is 2.11 bits per heavy atom. The molecule has 1 saturated carbocycles. The molecule has 1 aromatic rings. The van der Waals surface area contributed by atoms with E-state index in [0.717, 1.165) is 35.8 Å². The van der Waals surface area contributed by atoms with Gasteiger partial charge in [-0.1, -0.05) is 41.1 Å². The van der Waals surface area contributed by atoms with Gasteiger partial charge in [0.25, 0.3) is 5.91 Å². The fourth-order valence-electron chi connectivity index (χ4n) is 2.31. The second kappa shape index (κ2) is 5.87. The molecule has 1 fully saturated rings. The number of hydrogen-bond acceptors (Lipinski definition) is 1. The molecule has 0 aliphatic heterocycles. The van der Waals surface area contributed by atoms with E-state index in [4.69, 9.17) is 0 Å². The van der Waals surface area contributed by atoms with Gasteiger partial charge in [-0.15, -0.1) is 0 Å². The number of nitrogens with one attached hydrogen (secondary N) is 1. The van der Waals surface area contributed by atoms with Gasteiger partial charge in [0.2, 0.25) is 0 Å². The third-order valence-corrected chi connectivity index (χ3v) is 4.25. The van der Waals surface area contributed by atoms with Gasteiger partial charge in [0.05, 0.1) is 0 Å². The highest BCUT2D eigenvalue weighted by atomic mass is 79.9. The van der Waals surface area contributed by atoms with Gasteiger partial charge in [-0.05, 0) is 42.7 Å². The molecule has 2 nitrogen and oxygen atoms in total. The monoisotopic (exact) mass is 309 g/mol. The van der Waals surface area contributed by atoms with Gasteiger partial charge in [0.1, 0.15) is 0 Å². The molecule has 0 radical (unpaired) electrons. The maximum atomic E-state index is 12.2. The number of hydrogen-bond donors (Lipinski definition) is 1. The van der Waals surface area contributed by atoms with Crippen molar-refractivity contribution >= 4 is 21.8 Å². The Balaban J connectivity index is 1.96. The van der Waals surface area contributed by atoms with Crippen LogP contribution in [0, 0.1) is 5.41 Å². The molecule has 1 aliphatic carbocycles. The van der Waals surface area contributed by atoms with Crippen molar-refractivity contribution in [3.8, 4) is 0 Å². The summed E-state index contributed by atoms with van der Waals surface area (Å²) in [5, 5.41) is 4.12. The zero-order valence-electron chi connectivity index (χ0n) is 10.8. The first kappa shape index (κ1) is 13.6. The lowest BCUT2D eigenvalue weighted by atomic mass is 10.0. The summed E-state index contributed by atoms with van der Waals surface area (Å²) in [6.45, 7) is 2.90. The van der Waals surface area contributed by atoms with Gasteiger partial charge in [0, 0.05) is 17.4 Å². The van der Waals surface area contributed by atoms with Crippen LogP contribution in [0.25, 0.3) is 0 Å². The minimum Gasteiger partial charge on any atom is -0.351 e. The number of carbonyl (C=O) groups excluding carboxylic acids is 1. The lowest BCUT2D eigenvalue weighted by Gasteiger charge is -2.15. The third-order valence-electron chi connectivity index (χ3n) is 3.85. The number of benzene rings is 1. The number of aryl methyl sites for hydroxylation is 1. The molecule has 3 heteroatoms. The Morgan fingerprint density at radius 1 is 1.39 bits per heavy atom. The van der Waals surface area contributed by atoms with Crippen molar-refractivity contribution in [2.75, 3.05) is 11.9 Å². The zero-order chi connectivity index (χ0) is 13.0. The molecule has 0 spiro atoms. The molecule has 2 rings (SSSR count). The first-order valence-electron chi connectivity index (χ1n) is 6.63. The van der Waals surface area contributed by atoms with Crippen molar-refractivity contribution in [3.63, 3.8) is 0 Å². The maximum absolute atomic E-state index is 12.2. The SMILES string of the molecule is CCc1ccccc1C(=O)NCC1(CCBr)CC1. The molecule has 1 amide bonds. The van der Waals surface area contributed by atoms with Gasteiger partial charge in [0.15, 0.2) is 0 Å². The topological polar surface area (TPSA) is 29.1 Å². The van der Waals surface area contributed by atoms with Gasteiger partial charge in [-0.25, -0.2) is 0 Å². The van der Waals surface area contributed by atoms with E-state index in [9.17, 15) is 4.79 Å². The van der Waals surface area contributed by atoms with E-state index in [2.05, 4.69) is 28.2 Å². The summed E-state index contributed by atoms with van der Waals surface area (Å²) < 4.78 is 0. The second-order valence-corrected chi connectivity index (χ2v) is 5.93. The standard InChI is InChI=1S/C15H20BrNO/c1-2-12-5-3-4-6-13(12)14(18)17-11-15(7-8-15)9-10-16/h3-6H,2,7-11H2,1H3,(H,17,18). The summed E-state index contributed by atoms with van der Waals surface area (Å²) in [5.41, 5.74) is 2.33. The molecule has 0 saturated heterocycles. The van der Waals surface area contributed by atoms with E-state index in [1.807, 2.05) is 24.3 Å². The average molecular weight is 310 g/mol. The largest absolute Gasteiger partial charge is 0.351 e. The minimum absolute atomic E-state index is 0.0771. The molecule has 18 heavy (non-hydrogen) atoms. The van der Waals surface area contributed by atoms with Crippen LogP contribution in [0.1, 0.15) is 42.1 Å². The molecule has 98 valence electrons. The van der Waals surface area contributed by atoms with Crippen molar-refractivity contribution < 1.29 is 4.79 Å². The lowest BCUT2D eigenvalue weighted by molar-refractivity contribution is 0.0943. The van der Waals surface area contributed by atoms with Crippen LogP contribution in [-0.4, -0.2) is 17.8 Å². The quantitative estimate of drug-likeness (QED) is 0.800. The van der Waals surface area contributed by atoms with Crippen LogP contribution < -0.4 is 5.32 Å². The van der Waals surface area contributed by atoms with Crippen LogP contribution in [0.2, 0.25) is 0 Å². The van der Waals surface area contributed by atoms with Crippen LogP contribution in [0.5, 0.6) is 0 Å². The van der Waals surface area contributed by atoms with Gasteiger partial charge in [-0.2, -0.15) is 0 Å². The predicted octanol–water partition coefficient (Wildman–Crippen LogP) is 3.54. The Kier molecular flexibility index (Phi) is 4.44. The highest BCUT2D eigenvalue weighted by molar-refractivity contribution is 9.09. The summed E-state index contributed by atoms with van der Waals surface area (Å²) in [5.74, 6) is 0.0771. The third kappa shape index (κ3) is 3.14. The fraction of sp³-hybridized carbons (Fsp3) is 0.533. The molecule has 0 atom stereocenters. The van der Waals surface area contributed by atoms with Crippen molar-refractivity contribution in [2.24, 2.45) is 5.41 Å². The molecule has 0 bridgehead atoms. The van der Waals surface area contributed by atoms with E-state index in [1.165, 1.54) is 12.8 Å². The Morgan fingerprint density at radius 3 is 2.72 bits per heavy atom. The molecule has 1 aliphatic rings. The number of amides is 1. The summed E-state index contributed by atoms with van der Waals surface area (Å²) >= 11 is 3.49. The normalized spacial score (nSPS) is 16.3. The van der Waals surface area contributed by atoms with Crippen molar-refractivity contribution in [2.45, 2.75) is 32.6 Å². The molecule has 0 heterocycles. The number of rotatable bonds is 6. The fourth-order valence-corrected chi connectivity index (χ4v) is 3.15. The lowest BCUT2D eigenvalue weighted by Crippen LogP contribution is -2.31. The van der Waals surface area contributed by atoms with Crippen LogP contribution in [-0.2, 0) is 6.42 Å². The van der Waals surface area contributed by atoms with Gasteiger partial charge in [-0.3, -0.25) is 4.79 Å². The Bertz CT molecular complexity index is 426. The van der Waals surface area contributed by atoms with E-state index < -0.39 is 0 Å². The number of halogens is 1. The predicted molar refractivity (Wildman–Crippen MR) is 78.2 cm³/mol. The first-order chi connectivity index (χ1) is 8.71. The smallest absolute Gasteiger partial charge is 0.251 e. The van der Waals surface area contributed by atoms with Crippen LogP contribution >= 0.6 is 15.9 Å². The zero-order valence-corrected chi connectivity index (χ0v) is 12.4. The first-order valence-corrected chi connectivity index (χ1v) is 7.75. The van der Waals surface area contributed by atoms with Crippen molar-refractivity contribution in [1.29, 1.82) is 0 Å². The minimum atomic E-state index is 0.0771. The number of carbonyl (C=O) groups is 1. The summed E-state index contributed by atoms with van der Waals surface area (Å²) in [4.78, 5) is 12.2. The van der Waals surface area contributed by atoms with E-state index in [0.29, 0.717) is 5.41 Å². The number of alkyl halides is 1. The van der Waals surface area contributed by atoms with Crippen molar-refractivity contribution in [1.82, 2.24) is 5.32 Å². The highest BCUT2D eigenvalue weighted by Crippen LogP contribution is 2.48. The second-order valence-electron chi connectivity index (χ2n) is 5.13. The van der Waals surface area contributed by atoms with Gasteiger partial charge >= 0.3 is 0 Å². The molecule has 0 aromatic heterocycles. The van der Waals surface area contributed by atoms with Crippen molar-refractivity contribution in [3.05, 3.63) is 35.4 Å². The maximum Gasteiger partial charge on any atom is 0.251 e. The van der Waals surface area contributed by atoms with E-state index >= 15 is 0 Å². The van der Waals surface area contributed by atoms with E-state index in [1.54, 1.807) is 0 Å². The van der Waals surface area contributed by atoms with Crippen LogP contribution in [0.3, 0.4) is 0 Å². The Labute approximate surface area is 117 Å². The average Bonchev–Trinajstić information content (AvgIpc) is 3.16. The van der Waals surface area contributed by atoms with Gasteiger partial charge < -0.3 is 5.32 Å². The van der Waals surface area contributed by atoms with E-state index in [-0.39, 0.29) is 5.91 Å². The molecular formula is C15H20BrNO. The highest BCUT2D eigenvalue weighted by Gasteiger charge is 2.41.